The Kier molecular flexibility index (Phi) is 5.97. The zero-order valence-corrected chi connectivity index (χ0v) is 14.0. The average Bonchev–Trinajstić information content (AvgIpc) is 2.92. The molecule has 6 nitrogen and oxygen atoms in total. The second-order valence-electron chi connectivity index (χ2n) is 6.45. The van der Waals surface area contributed by atoms with Gasteiger partial charge in [0.2, 0.25) is 5.91 Å². The van der Waals surface area contributed by atoms with Crippen LogP contribution in [-0.2, 0) is 16.6 Å². The Morgan fingerprint density at radius 3 is 2.59 bits per heavy atom. The van der Waals surface area contributed by atoms with Crippen molar-refractivity contribution in [3.05, 3.63) is 18.0 Å². The molecular weight excluding hydrogens is 280 g/mol. The van der Waals surface area contributed by atoms with Gasteiger partial charge in [-0.05, 0) is 25.7 Å². The highest BCUT2D eigenvalue weighted by Gasteiger charge is 2.27. The maximum atomic E-state index is 12.6. The molecule has 0 unspecified atom stereocenters. The Labute approximate surface area is 132 Å². The van der Waals surface area contributed by atoms with Crippen LogP contribution in [0.15, 0.2) is 12.4 Å². The second kappa shape index (κ2) is 7.74. The lowest BCUT2D eigenvalue weighted by Gasteiger charge is -2.30. The van der Waals surface area contributed by atoms with Crippen LogP contribution >= 0.6 is 0 Å². The minimum absolute atomic E-state index is 0.0426. The number of nitrogens with one attached hydrogen (secondary N) is 2. The lowest BCUT2D eigenvalue weighted by atomic mass is 9.99. The van der Waals surface area contributed by atoms with Gasteiger partial charge in [0.05, 0.1) is 18.3 Å². The Morgan fingerprint density at radius 1 is 1.36 bits per heavy atom. The smallest absolute Gasteiger partial charge is 0.237 e. The van der Waals surface area contributed by atoms with Crippen molar-refractivity contribution in [2.24, 2.45) is 13.0 Å². The van der Waals surface area contributed by atoms with Crippen LogP contribution < -0.4 is 10.6 Å². The SMILES string of the molecule is CC(C)[C@H](NC1CCOCC1)C(=O)N[C@@H](C)c1cnn(C)c1. The van der Waals surface area contributed by atoms with E-state index >= 15 is 0 Å². The maximum absolute atomic E-state index is 12.6. The zero-order chi connectivity index (χ0) is 16.1. The molecule has 2 heterocycles. The summed E-state index contributed by atoms with van der Waals surface area (Å²) in [6.45, 7) is 7.68. The van der Waals surface area contributed by atoms with Crippen LogP contribution in [0, 0.1) is 5.92 Å². The van der Waals surface area contributed by atoms with E-state index in [-0.39, 0.29) is 23.9 Å². The first kappa shape index (κ1) is 17.0. The van der Waals surface area contributed by atoms with Crippen LogP contribution in [0.25, 0.3) is 0 Å². The molecule has 1 aromatic heterocycles. The number of aromatic nitrogens is 2. The molecule has 1 saturated heterocycles. The van der Waals surface area contributed by atoms with Gasteiger partial charge >= 0.3 is 0 Å². The summed E-state index contributed by atoms with van der Waals surface area (Å²) in [5.74, 6) is 0.293. The van der Waals surface area contributed by atoms with Crippen LogP contribution in [0.2, 0.25) is 0 Å². The molecule has 2 atom stereocenters. The van der Waals surface area contributed by atoms with Crippen LogP contribution in [0.5, 0.6) is 0 Å². The van der Waals surface area contributed by atoms with Gasteiger partial charge in [-0.2, -0.15) is 5.10 Å². The molecule has 0 bridgehead atoms. The predicted octanol–water partition coefficient (Wildman–Crippen LogP) is 1.39. The Balaban J connectivity index is 1.93. The molecule has 124 valence electrons. The summed E-state index contributed by atoms with van der Waals surface area (Å²) in [7, 11) is 1.88. The Hall–Kier alpha value is -1.40. The number of amides is 1. The van der Waals surface area contributed by atoms with Crippen molar-refractivity contribution in [3.8, 4) is 0 Å². The van der Waals surface area contributed by atoms with Crippen molar-refractivity contribution in [1.29, 1.82) is 0 Å². The first-order chi connectivity index (χ1) is 10.5. The van der Waals surface area contributed by atoms with Crippen LogP contribution in [0.4, 0.5) is 0 Å². The number of hydrogen-bond acceptors (Lipinski definition) is 4. The second-order valence-corrected chi connectivity index (χ2v) is 6.45. The number of nitrogens with zero attached hydrogens (tertiary/aromatic N) is 2. The third-order valence-corrected chi connectivity index (χ3v) is 4.17. The number of aryl methyl sites for hydroxylation is 1. The molecule has 6 heteroatoms. The van der Waals surface area contributed by atoms with E-state index < -0.39 is 0 Å². The average molecular weight is 308 g/mol. The van der Waals surface area contributed by atoms with Gasteiger partial charge < -0.3 is 15.4 Å². The lowest BCUT2D eigenvalue weighted by molar-refractivity contribution is -0.125. The van der Waals surface area contributed by atoms with Crippen LogP contribution in [0.1, 0.15) is 45.2 Å². The van der Waals surface area contributed by atoms with Crippen LogP contribution in [-0.4, -0.2) is 41.0 Å². The standard InChI is InChI=1S/C16H28N4O2/c1-11(2)15(19-14-5-7-22-8-6-14)16(21)18-12(3)13-9-17-20(4)10-13/h9-12,14-15,19H,5-8H2,1-4H3,(H,18,21)/t12-,15-/m0/s1. The molecule has 1 aliphatic rings. The first-order valence-corrected chi connectivity index (χ1v) is 8.10. The Bertz CT molecular complexity index is 480. The zero-order valence-electron chi connectivity index (χ0n) is 14.0. The normalized spacial score (nSPS) is 19.1. The van der Waals surface area contributed by atoms with Crippen molar-refractivity contribution in [2.45, 2.75) is 51.7 Å². The van der Waals surface area contributed by atoms with E-state index in [0.29, 0.717) is 6.04 Å². The fraction of sp³-hybridized carbons (Fsp3) is 0.750. The molecule has 0 saturated carbocycles. The number of rotatable bonds is 6. The lowest BCUT2D eigenvalue weighted by Crippen LogP contribution is -2.52. The summed E-state index contributed by atoms with van der Waals surface area (Å²) in [6.07, 6.45) is 5.66. The van der Waals surface area contributed by atoms with Gasteiger partial charge in [-0.3, -0.25) is 9.48 Å². The number of carbonyl (C=O) groups is 1. The van der Waals surface area contributed by atoms with E-state index in [0.717, 1.165) is 31.6 Å². The highest BCUT2D eigenvalue weighted by Crippen LogP contribution is 2.14. The largest absolute Gasteiger partial charge is 0.381 e. The molecule has 0 radical (unpaired) electrons. The van der Waals surface area contributed by atoms with E-state index in [1.807, 2.05) is 20.2 Å². The van der Waals surface area contributed by atoms with Crippen molar-refractivity contribution < 1.29 is 9.53 Å². The molecular formula is C16H28N4O2. The summed E-state index contributed by atoms with van der Waals surface area (Å²) < 4.78 is 7.13. The summed E-state index contributed by atoms with van der Waals surface area (Å²) in [6, 6.07) is 0.141. The van der Waals surface area contributed by atoms with Crippen molar-refractivity contribution in [2.75, 3.05) is 13.2 Å². The molecule has 22 heavy (non-hydrogen) atoms. The van der Waals surface area contributed by atoms with Gasteiger partial charge in [-0.1, -0.05) is 13.8 Å². The molecule has 2 N–H and O–H groups in total. The summed E-state index contributed by atoms with van der Waals surface area (Å²) >= 11 is 0. The molecule has 1 aromatic rings. The van der Waals surface area contributed by atoms with Gasteiger partial charge in [0.15, 0.2) is 0 Å². The highest BCUT2D eigenvalue weighted by molar-refractivity contribution is 5.82. The summed E-state index contributed by atoms with van der Waals surface area (Å²) in [5.41, 5.74) is 1.02. The monoisotopic (exact) mass is 308 g/mol. The number of ether oxygens (including phenoxy) is 1. The van der Waals surface area contributed by atoms with E-state index in [2.05, 4.69) is 29.6 Å². The van der Waals surface area contributed by atoms with E-state index in [9.17, 15) is 4.79 Å². The molecule has 2 rings (SSSR count). The van der Waals surface area contributed by atoms with Gasteiger partial charge in [0.1, 0.15) is 0 Å². The van der Waals surface area contributed by atoms with Gasteiger partial charge in [-0.15, -0.1) is 0 Å². The number of hydrogen-bond donors (Lipinski definition) is 2. The third-order valence-electron chi connectivity index (χ3n) is 4.17. The minimum atomic E-state index is -0.178. The maximum Gasteiger partial charge on any atom is 0.237 e. The van der Waals surface area contributed by atoms with E-state index in [1.54, 1.807) is 10.9 Å². The fourth-order valence-corrected chi connectivity index (χ4v) is 2.74. The Morgan fingerprint density at radius 2 is 2.05 bits per heavy atom. The molecule has 1 fully saturated rings. The topological polar surface area (TPSA) is 68.2 Å². The fourth-order valence-electron chi connectivity index (χ4n) is 2.74. The van der Waals surface area contributed by atoms with Crippen molar-refractivity contribution >= 4 is 5.91 Å². The quantitative estimate of drug-likeness (QED) is 0.833. The molecule has 0 spiro atoms. The number of carbonyl (C=O) groups excluding carboxylic acids is 1. The third kappa shape index (κ3) is 4.55. The van der Waals surface area contributed by atoms with E-state index in [4.69, 9.17) is 4.74 Å². The summed E-state index contributed by atoms with van der Waals surface area (Å²) in [4.78, 5) is 12.6. The predicted molar refractivity (Wildman–Crippen MR) is 85.4 cm³/mol. The van der Waals surface area contributed by atoms with E-state index in [1.165, 1.54) is 0 Å². The summed E-state index contributed by atoms with van der Waals surface area (Å²) in [5, 5.41) is 10.8. The molecule has 1 amide bonds. The molecule has 0 aliphatic carbocycles. The highest BCUT2D eigenvalue weighted by atomic mass is 16.5. The molecule has 1 aliphatic heterocycles. The molecule has 0 aromatic carbocycles. The first-order valence-electron chi connectivity index (χ1n) is 8.10. The van der Waals surface area contributed by atoms with Crippen molar-refractivity contribution in [3.63, 3.8) is 0 Å². The van der Waals surface area contributed by atoms with Crippen molar-refractivity contribution in [1.82, 2.24) is 20.4 Å². The van der Waals surface area contributed by atoms with Gasteiger partial charge in [0, 0.05) is 38.1 Å². The van der Waals surface area contributed by atoms with Gasteiger partial charge in [0.25, 0.3) is 0 Å². The van der Waals surface area contributed by atoms with Gasteiger partial charge in [-0.25, -0.2) is 0 Å². The minimum Gasteiger partial charge on any atom is -0.381 e. The van der Waals surface area contributed by atoms with Crippen LogP contribution in [0.3, 0.4) is 0 Å².